The van der Waals surface area contributed by atoms with E-state index in [4.69, 9.17) is 4.74 Å². The molecular weight excluding hydrogens is 385 g/mol. The van der Waals surface area contributed by atoms with Gasteiger partial charge in [0.15, 0.2) is 17.5 Å². The van der Waals surface area contributed by atoms with E-state index in [1.165, 1.54) is 32.2 Å². The highest BCUT2D eigenvalue weighted by atomic mass is 32.2. The Bertz CT molecular complexity index is 980. The van der Waals surface area contributed by atoms with Crippen molar-refractivity contribution in [2.45, 2.75) is 24.8 Å². The van der Waals surface area contributed by atoms with E-state index in [2.05, 4.69) is 4.72 Å². The Kier molecular flexibility index (Phi) is 6.11. The van der Waals surface area contributed by atoms with Gasteiger partial charge in [-0.25, -0.2) is 21.6 Å². The Morgan fingerprint density at radius 3 is 2.37 bits per heavy atom. The van der Waals surface area contributed by atoms with Crippen LogP contribution in [0.4, 0.5) is 18.9 Å². The minimum atomic E-state index is -4.06. The standard InChI is InChI=1S/C17H17F3N2O4S/c1-9-8-11(4-7-14(9)26-3)27(24,25)22-10(2)17(23)21-13-6-5-12(18)15(19)16(13)20/h4-8,10,22H,1-3H3,(H,21,23). The van der Waals surface area contributed by atoms with Gasteiger partial charge < -0.3 is 10.1 Å². The molecule has 27 heavy (non-hydrogen) atoms. The Hall–Kier alpha value is -2.59. The van der Waals surface area contributed by atoms with Crippen molar-refractivity contribution in [1.82, 2.24) is 4.72 Å². The minimum absolute atomic E-state index is 0.0977. The first-order valence-electron chi connectivity index (χ1n) is 7.68. The predicted molar refractivity (Wildman–Crippen MR) is 92.5 cm³/mol. The smallest absolute Gasteiger partial charge is 0.242 e. The largest absolute Gasteiger partial charge is 0.496 e. The Labute approximate surface area is 154 Å². The van der Waals surface area contributed by atoms with E-state index in [-0.39, 0.29) is 4.90 Å². The number of methoxy groups -OCH3 is 1. The second kappa shape index (κ2) is 7.97. The summed E-state index contributed by atoms with van der Waals surface area (Å²) < 4.78 is 71.8. The number of anilines is 1. The summed E-state index contributed by atoms with van der Waals surface area (Å²) in [6.45, 7) is 2.88. The number of hydrogen-bond donors (Lipinski definition) is 2. The van der Waals surface area contributed by atoms with Crippen LogP contribution in [0.2, 0.25) is 0 Å². The van der Waals surface area contributed by atoms with Gasteiger partial charge in [0.25, 0.3) is 0 Å². The maximum absolute atomic E-state index is 13.6. The van der Waals surface area contributed by atoms with Gasteiger partial charge >= 0.3 is 0 Å². The molecule has 1 atom stereocenters. The van der Waals surface area contributed by atoms with Gasteiger partial charge in [0.1, 0.15) is 5.75 Å². The van der Waals surface area contributed by atoms with Crippen LogP contribution in [0, 0.1) is 24.4 Å². The lowest BCUT2D eigenvalue weighted by molar-refractivity contribution is -0.117. The number of aryl methyl sites for hydroxylation is 1. The van der Waals surface area contributed by atoms with E-state index >= 15 is 0 Å². The highest BCUT2D eigenvalue weighted by Crippen LogP contribution is 2.22. The zero-order chi connectivity index (χ0) is 20.4. The van der Waals surface area contributed by atoms with E-state index < -0.39 is 45.1 Å². The summed E-state index contributed by atoms with van der Waals surface area (Å²) in [5.74, 6) is -5.18. The molecule has 0 aromatic heterocycles. The molecule has 10 heteroatoms. The molecule has 6 nitrogen and oxygen atoms in total. The molecular formula is C17H17F3N2O4S. The summed E-state index contributed by atoms with van der Waals surface area (Å²) in [5, 5.41) is 2.01. The molecule has 0 aliphatic heterocycles. The molecule has 2 aromatic carbocycles. The van der Waals surface area contributed by atoms with E-state index in [1.807, 2.05) is 5.32 Å². The molecule has 0 aliphatic rings. The Morgan fingerprint density at radius 1 is 1.11 bits per heavy atom. The summed E-state index contributed by atoms with van der Waals surface area (Å²) >= 11 is 0. The summed E-state index contributed by atoms with van der Waals surface area (Å²) in [5.41, 5.74) is -0.0356. The number of carbonyl (C=O) groups is 1. The van der Waals surface area contributed by atoms with Crippen LogP contribution in [0.25, 0.3) is 0 Å². The zero-order valence-corrected chi connectivity index (χ0v) is 15.5. The van der Waals surface area contributed by atoms with Gasteiger partial charge in [-0.3, -0.25) is 4.79 Å². The number of rotatable bonds is 6. The fourth-order valence-electron chi connectivity index (χ4n) is 2.24. The average molecular weight is 402 g/mol. The van der Waals surface area contributed by atoms with Crippen LogP contribution < -0.4 is 14.8 Å². The van der Waals surface area contributed by atoms with Gasteiger partial charge in [0.05, 0.1) is 23.7 Å². The second-order valence-electron chi connectivity index (χ2n) is 5.69. The van der Waals surface area contributed by atoms with Crippen LogP contribution in [-0.4, -0.2) is 27.5 Å². The maximum atomic E-state index is 13.6. The number of ether oxygens (including phenoxy) is 1. The maximum Gasteiger partial charge on any atom is 0.242 e. The second-order valence-corrected chi connectivity index (χ2v) is 7.40. The van der Waals surface area contributed by atoms with Gasteiger partial charge in [0.2, 0.25) is 15.9 Å². The van der Waals surface area contributed by atoms with Crippen molar-refractivity contribution in [2.24, 2.45) is 0 Å². The van der Waals surface area contributed by atoms with Gasteiger partial charge in [-0.15, -0.1) is 0 Å². The summed E-state index contributed by atoms with van der Waals surface area (Å²) in [4.78, 5) is 12.0. The number of nitrogens with one attached hydrogen (secondary N) is 2. The van der Waals surface area contributed by atoms with Crippen LogP contribution in [0.3, 0.4) is 0 Å². The lowest BCUT2D eigenvalue weighted by Gasteiger charge is -2.15. The molecule has 1 amide bonds. The van der Waals surface area contributed by atoms with Gasteiger partial charge in [-0.05, 0) is 49.7 Å². The number of sulfonamides is 1. The average Bonchev–Trinajstić information content (AvgIpc) is 2.61. The third-order valence-corrected chi connectivity index (χ3v) is 5.23. The molecule has 0 saturated heterocycles. The first-order chi connectivity index (χ1) is 12.6. The monoisotopic (exact) mass is 402 g/mol. The van der Waals surface area contributed by atoms with Crippen molar-refractivity contribution in [3.05, 3.63) is 53.3 Å². The molecule has 1 unspecified atom stereocenters. The van der Waals surface area contributed by atoms with Crippen molar-refractivity contribution >= 4 is 21.6 Å². The molecule has 0 heterocycles. The summed E-state index contributed by atoms with van der Waals surface area (Å²) in [6, 6.07) is 4.28. The minimum Gasteiger partial charge on any atom is -0.496 e. The van der Waals surface area contributed by atoms with Crippen molar-refractivity contribution in [3.8, 4) is 5.75 Å². The molecule has 0 bridgehead atoms. The third kappa shape index (κ3) is 4.58. The fraction of sp³-hybridized carbons (Fsp3) is 0.235. The Balaban J connectivity index is 2.16. The lowest BCUT2D eigenvalue weighted by atomic mass is 10.2. The van der Waals surface area contributed by atoms with Crippen molar-refractivity contribution in [3.63, 3.8) is 0 Å². The molecule has 0 aliphatic carbocycles. The molecule has 146 valence electrons. The zero-order valence-electron chi connectivity index (χ0n) is 14.6. The van der Waals surface area contributed by atoms with Crippen LogP contribution in [0.15, 0.2) is 35.2 Å². The highest BCUT2D eigenvalue weighted by Gasteiger charge is 2.24. The number of hydrogen-bond acceptors (Lipinski definition) is 4. The van der Waals surface area contributed by atoms with Crippen LogP contribution in [0.1, 0.15) is 12.5 Å². The van der Waals surface area contributed by atoms with Crippen LogP contribution in [0.5, 0.6) is 5.75 Å². The van der Waals surface area contributed by atoms with E-state index in [0.29, 0.717) is 17.4 Å². The number of amides is 1. The number of carbonyl (C=O) groups excluding carboxylic acids is 1. The quantitative estimate of drug-likeness (QED) is 0.728. The van der Waals surface area contributed by atoms with Crippen LogP contribution >= 0.6 is 0 Å². The normalized spacial score (nSPS) is 12.5. The van der Waals surface area contributed by atoms with Crippen molar-refractivity contribution < 1.29 is 31.1 Å². The SMILES string of the molecule is COc1ccc(S(=O)(=O)NC(C)C(=O)Nc2ccc(F)c(F)c2F)cc1C. The highest BCUT2D eigenvalue weighted by molar-refractivity contribution is 7.89. The van der Waals surface area contributed by atoms with Gasteiger partial charge in [-0.1, -0.05) is 0 Å². The van der Waals surface area contributed by atoms with Gasteiger partial charge in [0, 0.05) is 0 Å². The van der Waals surface area contributed by atoms with E-state index in [0.717, 1.165) is 6.07 Å². The summed E-state index contributed by atoms with van der Waals surface area (Å²) in [6.07, 6.45) is 0. The third-order valence-electron chi connectivity index (χ3n) is 3.69. The molecule has 2 N–H and O–H groups in total. The molecule has 2 aromatic rings. The predicted octanol–water partition coefficient (Wildman–Crippen LogP) is 2.73. The molecule has 0 saturated carbocycles. The number of halogens is 3. The van der Waals surface area contributed by atoms with Crippen molar-refractivity contribution in [1.29, 1.82) is 0 Å². The van der Waals surface area contributed by atoms with E-state index in [1.54, 1.807) is 6.92 Å². The molecule has 0 radical (unpaired) electrons. The van der Waals surface area contributed by atoms with Crippen molar-refractivity contribution in [2.75, 3.05) is 12.4 Å². The van der Waals surface area contributed by atoms with E-state index in [9.17, 15) is 26.4 Å². The lowest BCUT2D eigenvalue weighted by Crippen LogP contribution is -2.41. The topological polar surface area (TPSA) is 84.5 Å². The number of benzene rings is 2. The molecule has 0 spiro atoms. The molecule has 0 fully saturated rings. The Morgan fingerprint density at radius 2 is 1.78 bits per heavy atom. The summed E-state index contributed by atoms with van der Waals surface area (Å²) in [7, 11) is -2.62. The fourth-order valence-corrected chi connectivity index (χ4v) is 3.52. The first kappa shape index (κ1) is 20.7. The molecule has 2 rings (SSSR count). The van der Waals surface area contributed by atoms with Crippen LogP contribution in [-0.2, 0) is 14.8 Å². The van der Waals surface area contributed by atoms with Gasteiger partial charge in [-0.2, -0.15) is 4.72 Å². The first-order valence-corrected chi connectivity index (χ1v) is 9.16.